The highest BCUT2D eigenvalue weighted by Crippen LogP contribution is 2.45. The van der Waals surface area contributed by atoms with Gasteiger partial charge < -0.3 is 14.4 Å². The lowest BCUT2D eigenvalue weighted by Crippen LogP contribution is -2.29. The van der Waals surface area contributed by atoms with Crippen molar-refractivity contribution in [3.63, 3.8) is 0 Å². The second-order valence-electron chi connectivity index (χ2n) is 8.96. The molecule has 1 aromatic heterocycles. The highest BCUT2D eigenvalue weighted by atomic mass is 32.1. The van der Waals surface area contributed by atoms with E-state index in [2.05, 4.69) is 17.7 Å². The van der Waals surface area contributed by atoms with Crippen LogP contribution >= 0.6 is 11.3 Å². The lowest BCUT2D eigenvalue weighted by Gasteiger charge is -2.31. The quantitative estimate of drug-likeness (QED) is 0.314. The molecular weight excluding hydrogens is 447 g/mol. The van der Waals surface area contributed by atoms with E-state index in [1.165, 1.54) is 12.8 Å². The molecule has 0 bridgehead atoms. The molecule has 0 unspecified atom stereocenters. The van der Waals surface area contributed by atoms with Crippen molar-refractivity contribution in [1.29, 1.82) is 0 Å². The molecule has 0 amide bonds. The third-order valence-electron chi connectivity index (χ3n) is 6.48. The van der Waals surface area contributed by atoms with Gasteiger partial charge in [-0.25, -0.2) is 9.37 Å². The SMILES string of the molecule is C#CCN(c1nc(-c2cc(C)c(OC)cc2OC)c(C)s1)[C@@H](CC1CC1)c1ccc(C)c(F)c1. The van der Waals surface area contributed by atoms with E-state index >= 15 is 0 Å². The Kier molecular flexibility index (Phi) is 7.13. The van der Waals surface area contributed by atoms with Crippen LogP contribution in [0.2, 0.25) is 0 Å². The number of nitrogens with zero attached hydrogens (tertiary/aromatic N) is 2. The van der Waals surface area contributed by atoms with Gasteiger partial charge in [-0.2, -0.15) is 0 Å². The maximum absolute atomic E-state index is 14.5. The zero-order valence-electron chi connectivity index (χ0n) is 20.4. The van der Waals surface area contributed by atoms with Crippen LogP contribution in [-0.4, -0.2) is 25.7 Å². The van der Waals surface area contributed by atoms with E-state index < -0.39 is 0 Å². The van der Waals surface area contributed by atoms with Crippen molar-refractivity contribution in [2.75, 3.05) is 25.7 Å². The van der Waals surface area contributed by atoms with Crippen molar-refractivity contribution in [3.05, 3.63) is 57.7 Å². The molecular formula is C28H31FN2O2S. The van der Waals surface area contributed by atoms with E-state index in [1.807, 2.05) is 31.2 Å². The lowest BCUT2D eigenvalue weighted by atomic mass is 9.98. The molecule has 1 fully saturated rings. The fourth-order valence-electron chi connectivity index (χ4n) is 4.34. The number of hydrogen-bond acceptors (Lipinski definition) is 5. The summed E-state index contributed by atoms with van der Waals surface area (Å²) < 4.78 is 25.7. The smallest absolute Gasteiger partial charge is 0.187 e. The number of hydrogen-bond donors (Lipinski definition) is 0. The average molecular weight is 479 g/mol. The van der Waals surface area contributed by atoms with Crippen LogP contribution in [0.4, 0.5) is 9.52 Å². The van der Waals surface area contributed by atoms with Gasteiger partial charge in [-0.3, -0.25) is 0 Å². The van der Waals surface area contributed by atoms with Gasteiger partial charge in [-0.1, -0.05) is 30.9 Å². The molecule has 0 radical (unpaired) electrons. The summed E-state index contributed by atoms with van der Waals surface area (Å²) in [5.74, 6) is 4.74. The highest BCUT2D eigenvalue weighted by Gasteiger charge is 2.32. The summed E-state index contributed by atoms with van der Waals surface area (Å²) in [4.78, 5) is 8.28. The molecule has 4 nitrogen and oxygen atoms in total. The summed E-state index contributed by atoms with van der Waals surface area (Å²) >= 11 is 1.61. The summed E-state index contributed by atoms with van der Waals surface area (Å²) in [6.45, 7) is 6.25. The Bertz CT molecular complexity index is 1230. The van der Waals surface area contributed by atoms with Crippen LogP contribution in [0, 0.1) is 44.9 Å². The van der Waals surface area contributed by atoms with E-state index in [0.29, 0.717) is 23.8 Å². The van der Waals surface area contributed by atoms with E-state index in [4.69, 9.17) is 20.9 Å². The van der Waals surface area contributed by atoms with Crippen LogP contribution in [-0.2, 0) is 0 Å². The topological polar surface area (TPSA) is 34.6 Å². The molecule has 1 aliphatic rings. The van der Waals surface area contributed by atoms with Crippen LogP contribution in [0.1, 0.15) is 46.9 Å². The number of terminal acetylenes is 1. The number of aryl methyl sites for hydroxylation is 3. The van der Waals surface area contributed by atoms with Crippen molar-refractivity contribution in [3.8, 4) is 35.1 Å². The summed E-state index contributed by atoms with van der Waals surface area (Å²) in [6, 6.07) is 9.44. The third-order valence-corrected chi connectivity index (χ3v) is 7.48. The largest absolute Gasteiger partial charge is 0.496 e. The van der Waals surface area contributed by atoms with Crippen LogP contribution in [0.25, 0.3) is 11.3 Å². The molecule has 1 heterocycles. The Hall–Kier alpha value is -3.04. The van der Waals surface area contributed by atoms with Gasteiger partial charge >= 0.3 is 0 Å². The van der Waals surface area contributed by atoms with Gasteiger partial charge in [0, 0.05) is 16.5 Å². The van der Waals surface area contributed by atoms with Gasteiger partial charge in [0.15, 0.2) is 5.13 Å². The van der Waals surface area contributed by atoms with E-state index in [-0.39, 0.29) is 11.9 Å². The first-order chi connectivity index (χ1) is 16.4. The van der Waals surface area contributed by atoms with Crippen molar-refractivity contribution in [1.82, 2.24) is 4.98 Å². The molecule has 1 aliphatic carbocycles. The van der Waals surface area contributed by atoms with Crippen LogP contribution in [0.3, 0.4) is 0 Å². The van der Waals surface area contributed by atoms with Crippen LogP contribution in [0.5, 0.6) is 11.5 Å². The van der Waals surface area contributed by atoms with Crippen molar-refractivity contribution in [2.24, 2.45) is 5.92 Å². The minimum atomic E-state index is -0.187. The maximum Gasteiger partial charge on any atom is 0.187 e. The number of aromatic nitrogens is 1. The summed E-state index contributed by atoms with van der Waals surface area (Å²) in [5.41, 5.74) is 4.38. The number of anilines is 1. The lowest BCUT2D eigenvalue weighted by molar-refractivity contribution is 0.393. The second kappa shape index (κ2) is 10.1. The maximum atomic E-state index is 14.5. The van der Waals surface area contributed by atoms with Crippen molar-refractivity contribution < 1.29 is 13.9 Å². The van der Waals surface area contributed by atoms with Gasteiger partial charge in [-0.15, -0.1) is 17.8 Å². The van der Waals surface area contributed by atoms with Crippen molar-refractivity contribution in [2.45, 2.75) is 46.1 Å². The summed E-state index contributed by atoms with van der Waals surface area (Å²) in [7, 11) is 3.30. The monoisotopic (exact) mass is 478 g/mol. The van der Waals surface area contributed by atoms with E-state index in [0.717, 1.165) is 44.6 Å². The number of thiazole rings is 1. The van der Waals surface area contributed by atoms with Gasteiger partial charge in [0.1, 0.15) is 17.3 Å². The average Bonchev–Trinajstić information content (AvgIpc) is 3.57. The molecule has 2 aromatic carbocycles. The first kappa shape index (κ1) is 24.1. The Morgan fingerprint density at radius 1 is 1.12 bits per heavy atom. The van der Waals surface area contributed by atoms with Crippen molar-refractivity contribution >= 4 is 16.5 Å². The molecule has 34 heavy (non-hydrogen) atoms. The van der Waals surface area contributed by atoms with Gasteiger partial charge in [0.25, 0.3) is 0 Å². The Morgan fingerprint density at radius 2 is 1.85 bits per heavy atom. The zero-order chi connectivity index (χ0) is 24.4. The van der Waals surface area contributed by atoms with E-state index in [9.17, 15) is 4.39 Å². The van der Waals surface area contributed by atoms with Crippen LogP contribution < -0.4 is 14.4 Å². The van der Waals surface area contributed by atoms with Gasteiger partial charge in [0.2, 0.25) is 0 Å². The number of methoxy groups -OCH3 is 2. The molecule has 1 saturated carbocycles. The fraction of sp³-hybridized carbons (Fsp3) is 0.393. The number of halogens is 1. The standard InChI is InChI=1S/C28H31FN2O2S/c1-7-12-31(24(14-20-9-10-20)21-11-8-17(2)23(29)15-21)28-30-27(19(4)34-28)22-13-18(3)25(32-5)16-26(22)33-6/h1,8,11,13,15-16,20,24H,9-10,12,14H2,2-6H3/t24-/m0/s1. The van der Waals surface area contributed by atoms with Gasteiger partial charge in [0.05, 0.1) is 32.5 Å². The second-order valence-corrected chi connectivity index (χ2v) is 10.1. The molecule has 4 rings (SSSR count). The first-order valence-electron chi connectivity index (χ1n) is 11.5. The summed E-state index contributed by atoms with van der Waals surface area (Å²) in [6.07, 6.45) is 9.16. The van der Waals surface area contributed by atoms with Gasteiger partial charge in [-0.05, 0) is 61.9 Å². The number of rotatable bonds is 9. The minimum Gasteiger partial charge on any atom is -0.496 e. The molecule has 0 N–H and O–H groups in total. The highest BCUT2D eigenvalue weighted by molar-refractivity contribution is 7.16. The number of benzene rings is 2. The predicted octanol–water partition coefficient (Wildman–Crippen LogP) is 6.87. The van der Waals surface area contributed by atoms with E-state index in [1.54, 1.807) is 38.5 Å². The fourth-order valence-corrected chi connectivity index (χ4v) is 5.31. The normalized spacial score (nSPS) is 13.9. The predicted molar refractivity (Wildman–Crippen MR) is 138 cm³/mol. The Morgan fingerprint density at radius 3 is 2.47 bits per heavy atom. The first-order valence-corrected chi connectivity index (χ1v) is 12.3. The zero-order valence-corrected chi connectivity index (χ0v) is 21.3. The molecule has 1 atom stereocenters. The molecule has 0 spiro atoms. The Balaban J connectivity index is 1.78. The molecule has 0 aliphatic heterocycles. The van der Waals surface area contributed by atoms with Crippen LogP contribution in [0.15, 0.2) is 30.3 Å². The number of ether oxygens (including phenoxy) is 2. The minimum absolute atomic E-state index is 0.0310. The molecule has 3 aromatic rings. The molecule has 6 heteroatoms. The third kappa shape index (κ3) is 4.90. The molecule has 178 valence electrons. The summed E-state index contributed by atoms with van der Waals surface area (Å²) in [5, 5.41) is 0.840. The Labute approximate surface area is 205 Å². The molecule has 0 saturated heterocycles.